The van der Waals surface area contributed by atoms with E-state index in [0.29, 0.717) is 0 Å². The first-order valence-corrected chi connectivity index (χ1v) is 3.11. The molecule has 0 aliphatic heterocycles. The molecule has 0 aliphatic carbocycles. The van der Waals surface area contributed by atoms with Crippen LogP contribution in [0, 0.1) is 0 Å². The second-order valence-corrected chi connectivity index (χ2v) is 1.87. The molecule has 0 unspecified atom stereocenters. The minimum absolute atomic E-state index is 0.196. The molecule has 0 saturated carbocycles. The number of rotatable bonds is 5. The lowest BCUT2D eigenvalue weighted by Gasteiger charge is -1.90. The first kappa shape index (κ1) is 9.04. The Bertz CT molecular complexity index is 141. The van der Waals surface area contributed by atoms with Crippen LogP contribution in [-0.2, 0) is 0 Å². The highest BCUT2D eigenvalue weighted by Crippen LogP contribution is 1.81. The maximum atomic E-state index is 8.43. The number of aliphatic imine (C=N–C) groups is 1. The molecule has 0 saturated heterocycles. The molecule has 0 aromatic carbocycles. The molecule has 0 rings (SSSR count). The van der Waals surface area contributed by atoms with E-state index in [-0.39, 0.29) is 6.61 Å². The van der Waals surface area contributed by atoms with Crippen LogP contribution in [0.5, 0.6) is 0 Å². The number of nitrogens with zero attached hydrogens (tertiary/aromatic N) is 2. The van der Waals surface area contributed by atoms with Gasteiger partial charge >= 0.3 is 0 Å². The minimum atomic E-state index is 0.196. The summed E-state index contributed by atoms with van der Waals surface area (Å²) in [6.07, 6.45) is 4.00. The molecular weight excluding hydrogens is 128 g/mol. The molecule has 0 bridgehead atoms. The van der Waals surface area contributed by atoms with Gasteiger partial charge in [-0.25, -0.2) is 4.58 Å². The molecule has 3 heteroatoms. The molecule has 3 nitrogen and oxygen atoms in total. The van der Waals surface area contributed by atoms with E-state index in [4.69, 9.17) is 5.11 Å². The molecule has 1 N–H and O–H groups in total. The van der Waals surface area contributed by atoms with Crippen molar-refractivity contribution in [3.63, 3.8) is 0 Å². The van der Waals surface area contributed by atoms with Crippen LogP contribution >= 0.6 is 0 Å². The number of aliphatic hydroxyl groups excluding tert-OH is 1. The molecule has 0 amide bonds. The second-order valence-electron chi connectivity index (χ2n) is 1.87. The summed E-state index contributed by atoms with van der Waals surface area (Å²) in [7, 11) is 0. The van der Waals surface area contributed by atoms with Crippen molar-refractivity contribution in [2.24, 2.45) is 4.99 Å². The molecule has 0 atom stereocenters. The van der Waals surface area contributed by atoms with E-state index in [9.17, 15) is 0 Å². The van der Waals surface area contributed by atoms with Gasteiger partial charge in [0.2, 0.25) is 0 Å². The van der Waals surface area contributed by atoms with Crippen molar-refractivity contribution in [1.29, 1.82) is 0 Å². The zero-order valence-electron chi connectivity index (χ0n) is 6.03. The lowest BCUT2D eigenvalue weighted by Crippen LogP contribution is -2.04. The Hall–Kier alpha value is -0.960. The van der Waals surface area contributed by atoms with E-state index in [1.54, 1.807) is 17.0 Å². The van der Waals surface area contributed by atoms with Crippen LogP contribution in [0.15, 0.2) is 17.4 Å². The summed E-state index contributed by atoms with van der Waals surface area (Å²) < 4.78 is 1.70. The Balaban J connectivity index is 3.43. The predicted octanol–water partition coefficient (Wildman–Crippen LogP) is 0.254. The highest BCUT2D eigenvalue weighted by atomic mass is 16.3. The number of aliphatic hydroxyl groups is 1. The Labute approximate surface area is 61.0 Å². The standard InChI is InChI=1S/C7H13N2O/c1-8-4-6-9(2)5-3-7-10/h4,6,10H,1-3,5,7H2/q+1/b6-4-. The highest BCUT2D eigenvalue weighted by molar-refractivity contribution is 5.25. The topological polar surface area (TPSA) is 35.6 Å². The third-order valence-electron chi connectivity index (χ3n) is 0.986. The second kappa shape index (κ2) is 6.16. The van der Waals surface area contributed by atoms with E-state index >= 15 is 0 Å². The summed E-state index contributed by atoms with van der Waals surface area (Å²) in [6, 6.07) is 0. The molecular formula is C7H13N2O+. The average molecular weight is 141 g/mol. The summed E-state index contributed by atoms with van der Waals surface area (Å²) in [6.45, 7) is 7.87. The van der Waals surface area contributed by atoms with Crippen LogP contribution in [0.25, 0.3) is 0 Å². The van der Waals surface area contributed by atoms with Gasteiger partial charge in [0.25, 0.3) is 0 Å². The van der Waals surface area contributed by atoms with Crippen LogP contribution in [0.2, 0.25) is 0 Å². The maximum Gasteiger partial charge on any atom is 0.186 e. The van der Waals surface area contributed by atoms with Crippen molar-refractivity contribution in [2.45, 2.75) is 6.42 Å². The van der Waals surface area contributed by atoms with Crippen LogP contribution < -0.4 is 0 Å². The Morgan fingerprint density at radius 1 is 1.60 bits per heavy atom. The molecule has 0 spiro atoms. The fourth-order valence-electron chi connectivity index (χ4n) is 0.490. The van der Waals surface area contributed by atoms with E-state index < -0.39 is 0 Å². The summed E-state index contributed by atoms with van der Waals surface area (Å²) in [5, 5.41) is 8.43. The van der Waals surface area contributed by atoms with Crippen molar-refractivity contribution < 1.29 is 9.68 Å². The SMILES string of the molecule is C=N/C=C\[N+](=C)CCCO. The molecule has 0 radical (unpaired) electrons. The van der Waals surface area contributed by atoms with Gasteiger partial charge in [-0.1, -0.05) is 0 Å². The van der Waals surface area contributed by atoms with Gasteiger partial charge in [-0.05, 0) is 6.72 Å². The van der Waals surface area contributed by atoms with Gasteiger partial charge in [0.1, 0.15) is 13.3 Å². The fourth-order valence-corrected chi connectivity index (χ4v) is 0.490. The third kappa shape index (κ3) is 5.18. The smallest absolute Gasteiger partial charge is 0.186 e. The van der Waals surface area contributed by atoms with Gasteiger partial charge in [-0.3, -0.25) is 4.99 Å². The molecule has 0 heterocycles. The van der Waals surface area contributed by atoms with Crippen LogP contribution in [-0.4, -0.2) is 36.3 Å². The highest BCUT2D eigenvalue weighted by Gasteiger charge is 1.92. The number of hydrogen-bond acceptors (Lipinski definition) is 2. The molecule has 0 aromatic rings. The van der Waals surface area contributed by atoms with Crippen molar-refractivity contribution in [1.82, 2.24) is 0 Å². The van der Waals surface area contributed by atoms with E-state index in [2.05, 4.69) is 18.4 Å². The molecule has 0 aliphatic rings. The lowest BCUT2D eigenvalue weighted by atomic mass is 10.4. The van der Waals surface area contributed by atoms with Crippen LogP contribution in [0.1, 0.15) is 6.42 Å². The van der Waals surface area contributed by atoms with Gasteiger partial charge in [0.05, 0.1) is 6.20 Å². The molecule has 0 aromatic heterocycles. The van der Waals surface area contributed by atoms with Crippen molar-refractivity contribution in [3.05, 3.63) is 12.4 Å². The summed E-state index contributed by atoms with van der Waals surface area (Å²) in [4.78, 5) is 3.51. The summed E-state index contributed by atoms with van der Waals surface area (Å²) in [5.41, 5.74) is 0. The van der Waals surface area contributed by atoms with Gasteiger partial charge in [0, 0.05) is 13.0 Å². The Morgan fingerprint density at radius 2 is 2.30 bits per heavy atom. The van der Waals surface area contributed by atoms with Crippen molar-refractivity contribution in [2.75, 3.05) is 13.2 Å². The monoisotopic (exact) mass is 141 g/mol. The van der Waals surface area contributed by atoms with E-state index in [1.807, 2.05) is 0 Å². The Morgan fingerprint density at radius 3 is 2.80 bits per heavy atom. The number of hydrogen-bond donors (Lipinski definition) is 1. The fraction of sp³-hybridized carbons (Fsp3) is 0.429. The molecule has 56 valence electrons. The van der Waals surface area contributed by atoms with Crippen molar-refractivity contribution >= 4 is 13.4 Å². The minimum Gasteiger partial charge on any atom is -0.396 e. The first-order valence-electron chi connectivity index (χ1n) is 3.11. The third-order valence-corrected chi connectivity index (χ3v) is 0.986. The van der Waals surface area contributed by atoms with Gasteiger partial charge in [-0.15, -0.1) is 0 Å². The van der Waals surface area contributed by atoms with Gasteiger partial charge in [-0.2, -0.15) is 0 Å². The zero-order chi connectivity index (χ0) is 7.82. The predicted molar refractivity (Wildman–Crippen MR) is 42.6 cm³/mol. The summed E-state index contributed by atoms with van der Waals surface area (Å²) in [5.74, 6) is 0. The average Bonchev–Trinajstić information content (AvgIpc) is 1.97. The van der Waals surface area contributed by atoms with Gasteiger partial charge in [0.15, 0.2) is 6.20 Å². The van der Waals surface area contributed by atoms with Crippen LogP contribution in [0.4, 0.5) is 0 Å². The quantitative estimate of drug-likeness (QED) is 0.432. The van der Waals surface area contributed by atoms with E-state index in [0.717, 1.165) is 13.0 Å². The zero-order valence-corrected chi connectivity index (χ0v) is 6.03. The van der Waals surface area contributed by atoms with Crippen molar-refractivity contribution in [3.8, 4) is 0 Å². The Kier molecular flexibility index (Phi) is 5.57. The molecule has 10 heavy (non-hydrogen) atoms. The summed E-state index contributed by atoms with van der Waals surface area (Å²) >= 11 is 0. The normalized spacial score (nSPS) is 10.1. The van der Waals surface area contributed by atoms with Gasteiger partial charge < -0.3 is 5.11 Å². The lowest BCUT2D eigenvalue weighted by molar-refractivity contribution is -0.448. The largest absolute Gasteiger partial charge is 0.396 e. The van der Waals surface area contributed by atoms with Crippen LogP contribution in [0.3, 0.4) is 0 Å². The first-order chi connectivity index (χ1) is 4.81. The maximum absolute atomic E-state index is 8.43. The van der Waals surface area contributed by atoms with E-state index in [1.165, 1.54) is 0 Å². The molecule has 0 fully saturated rings.